The van der Waals surface area contributed by atoms with Gasteiger partial charge >= 0.3 is 0 Å². The number of nitrogens with zero attached hydrogens (tertiary/aromatic N) is 4. The monoisotopic (exact) mass is 398 g/mol. The van der Waals surface area contributed by atoms with Gasteiger partial charge < -0.3 is 4.57 Å². The van der Waals surface area contributed by atoms with Gasteiger partial charge in [0.1, 0.15) is 16.5 Å². The van der Waals surface area contributed by atoms with Gasteiger partial charge in [-0.05, 0) is 43.9 Å². The Hall–Kier alpha value is -1.51. The van der Waals surface area contributed by atoms with Gasteiger partial charge in [-0.1, -0.05) is 18.0 Å². The van der Waals surface area contributed by atoms with Crippen LogP contribution in [0, 0.1) is 5.82 Å². The molecular formula is C17H20ClFN4O2S. The summed E-state index contributed by atoms with van der Waals surface area (Å²) in [6.07, 6.45) is 5.56. The second-order valence-corrected chi connectivity index (χ2v) is 9.05. The second-order valence-electron chi connectivity index (χ2n) is 6.79. The molecule has 0 aliphatic carbocycles. The molecule has 1 fully saturated rings. The highest BCUT2D eigenvalue weighted by Gasteiger charge is 2.40. The molecule has 3 heterocycles. The molecule has 6 nitrogen and oxygen atoms in total. The van der Waals surface area contributed by atoms with Gasteiger partial charge in [-0.15, -0.1) is 10.2 Å². The molecule has 2 aliphatic rings. The van der Waals surface area contributed by atoms with E-state index in [1.165, 1.54) is 10.4 Å². The van der Waals surface area contributed by atoms with Crippen molar-refractivity contribution in [3.05, 3.63) is 40.7 Å². The van der Waals surface area contributed by atoms with Crippen LogP contribution >= 0.6 is 11.6 Å². The van der Waals surface area contributed by atoms with E-state index in [-0.39, 0.29) is 16.0 Å². The summed E-state index contributed by atoms with van der Waals surface area (Å²) < 4.78 is 43.2. The normalized spacial score (nSPS) is 21.5. The fraction of sp³-hybridized carbons (Fsp3) is 0.529. The first kappa shape index (κ1) is 17.9. The molecule has 0 N–H and O–H groups in total. The summed E-state index contributed by atoms with van der Waals surface area (Å²) in [5, 5.41) is 8.52. The number of sulfonamides is 1. The lowest BCUT2D eigenvalue weighted by atomic mass is 10.2. The van der Waals surface area contributed by atoms with E-state index in [0.717, 1.165) is 56.6 Å². The van der Waals surface area contributed by atoms with E-state index in [1.54, 1.807) is 0 Å². The van der Waals surface area contributed by atoms with Crippen molar-refractivity contribution >= 4 is 21.6 Å². The summed E-state index contributed by atoms with van der Waals surface area (Å²) >= 11 is 6.02. The van der Waals surface area contributed by atoms with Crippen molar-refractivity contribution in [1.29, 1.82) is 0 Å². The van der Waals surface area contributed by atoms with Crippen LogP contribution in [-0.4, -0.2) is 34.0 Å². The summed E-state index contributed by atoms with van der Waals surface area (Å²) in [6.45, 7) is 1.21. The molecule has 0 spiro atoms. The van der Waals surface area contributed by atoms with Crippen LogP contribution in [0.1, 0.15) is 49.8 Å². The van der Waals surface area contributed by atoms with Crippen molar-refractivity contribution in [1.82, 2.24) is 19.1 Å². The Morgan fingerprint density at radius 3 is 2.77 bits per heavy atom. The van der Waals surface area contributed by atoms with Crippen molar-refractivity contribution in [2.45, 2.75) is 56.0 Å². The molecule has 1 aromatic heterocycles. The lowest BCUT2D eigenvalue weighted by Crippen LogP contribution is -2.32. The maximum atomic E-state index is 13.3. The minimum Gasteiger partial charge on any atom is -0.314 e. The molecule has 1 aromatic carbocycles. The lowest BCUT2D eigenvalue weighted by Gasteiger charge is -2.24. The molecule has 26 heavy (non-hydrogen) atoms. The lowest BCUT2D eigenvalue weighted by molar-refractivity contribution is 0.370. The predicted molar refractivity (Wildman–Crippen MR) is 94.9 cm³/mol. The molecule has 0 amide bonds. The largest absolute Gasteiger partial charge is 0.314 e. The molecule has 2 aliphatic heterocycles. The minimum atomic E-state index is -3.84. The average molecular weight is 399 g/mol. The Labute approximate surface area is 157 Å². The smallest absolute Gasteiger partial charge is 0.245 e. The van der Waals surface area contributed by atoms with Crippen LogP contribution in [0.3, 0.4) is 0 Å². The highest BCUT2D eigenvalue weighted by atomic mass is 35.5. The molecule has 4 rings (SSSR count). The van der Waals surface area contributed by atoms with Crippen LogP contribution in [0.25, 0.3) is 0 Å². The first-order valence-corrected chi connectivity index (χ1v) is 10.7. The standard InChI is InChI=1S/C17H20ClFN4O2S/c18-13-11-12(19)7-8-15(13)26(24,25)23-10-4-5-14(23)17-21-20-16-6-2-1-3-9-22(16)17/h7-8,11,14H,1-6,9-10H2/t14-/m0/s1. The number of aryl methyl sites for hydroxylation is 1. The topological polar surface area (TPSA) is 68.1 Å². The second kappa shape index (κ2) is 6.90. The number of fused-ring (bicyclic) bond motifs is 1. The maximum Gasteiger partial charge on any atom is 0.245 e. The van der Waals surface area contributed by atoms with Crippen LogP contribution < -0.4 is 0 Å². The van der Waals surface area contributed by atoms with Crippen LogP contribution in [0.2, 0.25) is 5.02 Å². The predicted octanol–water partition coefficient (Wildman–Crippen LogP) is 3.32. The van der Waals surface area contributed by atoms with Gasteiger partial charge in [-0.25, -0.2) is 12.8 Å². The number of rotatable bonds is 3. The summed E-state index contributed by atoms with van der Waals surface area (Å²) in [7, 11) is -3.84. The Morgan fingerprint density at radius 1 is 1.12 bits per heavy atom. The summed E-state index contributed by atoms with van der Waals surface area (Å²) in [5.41, 5.74) is 0. The molecule has 1 atom stereocenters. The van der Waals surface area contributed by atoms with E-state index >= 15 is 0 Å². The molecular weight excluding hydrogens is 379 g/mol. The zero-order chi connectivity index (χ0) is 18.3. The molecule has 9 heteroatoms. The van der Waals surface area contributed by atoms with E-state index in [9.17, 15) is 12.8 Å². The molecule has 0 radical (unpaired) electrons. The third-order valence-corrected chi connectivity index (χ3v) is 7.51. The molecule has 0 saturated carbocycles. The number of hydrogen-bond donors (Lipinski definition) is 0. The van der Waals surface area contributed by atoms with Crippen LogP contribution in [0.5, 0.6) is 0 Å². The van der Waals surface area contributed by atoms with Gasteiger partial charge in [0.25, 0.3) is 0 Å². The fourth-order valence-corrected chi connectivity index (χ4v) is 6.01. The number of hydrogen-bond acceptors (Lipinski definition) is 4. The Bertz CT molecular complexity index is 931. The third-order valence-electron chi connectivity index (χ3n) is 5.12. The number of halogens is 2. The Kier molecular flexibility index (Phi) is 4.75. The van der Waals surface area contributed by atoms with Crippen LogP contribution in [0.4, 0.5) is 4.39 Å². The van der Waals surface area contributed by atoms with Gasteiger partial charge in [-0.3, -0.25) is 0 Å². The summed E-state index contributed by atoms with van der Waals surface area (Å²) in [6, 6.07) is 3.02. The van der Waals surface area contributed by atoms with Gasteiger partial charge in [0.15, 0.2) is 5.82 Å². The molecule has 140 valence electrons. The third kappa shape index (κ3) is 3.04. The molecule has 0 unspecified atom stereocenters. The molecule has 0 bridgehead atoms. The average Bonchev–Trinajstić information content (AvgIpc) is 3.16. The van der Waals surface area contributed by atoms with Gasteiger partial charge in [0.05, 0.1) is 11.1 Å². The van der Waals surface area contributed by atoms with Crippen LogP contribution in [0.15, 0.2) is 23.1 Å². The van der Waals surface area contributed by atoms with E-state index in [0.29, 0.717) is 18.8 Å². The highest BCUT2D eigenvalue weighted by Crippen LogP contribution is 2.38. The summed E-state index contributed by atoms with van der Waals surface area (Å²) in [5.74, 6) is 1.08. The number of aromatic nitrogens is 3. The van der Waals surface area contributed by atoms with Crippen molar-refractivity contribution in [3.63, 3.8) is 0 Å². The van der Waals surface area contributed by atoms with Gasteiger partial charge in [-0.2, -0.15) is 4.31 Å². The first-order chi connectivity index (χ1) is 12.5. The molecule has 2 aromatic rings. The quantitative estimate of drug-likeness (QED) is 0.795. The maximum absolute atomic E-state index is 13.3. The van der Waals surface area contributed by atoms with Crippen LogP contribution in [-0.2, 0) is 23.0 Å². The fourth-order valence-electron chi connectivity index (χ4n) is 3.85. The Morgan fingerprint density at radius 2 is 1.96 bits per heavy atom. The zero-order valence-corrected chi connectivity index (χ0v) is 15.8. The zero-order valence-electron chi connectivity index (χ0n) is 14.2. The van der Waals surface area contributed by atoms with E-state index in [1.807, 2.05) is 0 Å². The molecule has 1 saturated heterocycles. The van der Waals surface area contributed by atoms with Gasteiger partial charge in [0.2, 0.25) is 10.0 Å². The van der Waals surface area contributed by atoms with E-state index < -0.39 is 15.8 Å². The van der Waals surface area contributed by atoms with Crippen molar-refractivity contribution in [2.75, 3.05) is 6.54 Å². The first-order valence-electron chi connectivity index (χ1n) is 8.87. The van der Waals surface area contributed by atoms with Crippen molar-refractivity contribution in [2.24, 2.45) is 0 Å². The Balaban J connectivity index is 1.72. The van der Waals surface area contributed by atoms with E-state index in [2.05, 4.69) is 14.8 Å². The summed E-state index contributed by atoms with van der Waals surface area (Å²) in [4.78, 5) is -0.0666. The SMILES string of the molecule is O=S(=O)(c1ccc(F)cc1Cl)N1CCC[C@H]1c1nnc2n1CCCCC2. The van der Waals surface area contributed by atoms with Crippen molar-refractivity contribution in [3.8, 4) is 0 Å². The van der Waals surface area contributed by atoms with Gasteiger partial charge in [0, 0.05) is 19.5 Å². The van der Waals surface area contributed by atoms with Crippen molar-refractivity contribution < 1.29 is 12.8 Å². The minimum absolute atomic E-state index is 0.0666. The van der Waals surface area contributed by atoms with E-state index in [4.69, 9.17) is 11.6 Å². The number of benzene rings is 1. The highest BCUT2D eigenvalue weighted by molar-refractivity contribution is 7.89.